The molecule has 2 aliphatic rings. The lowest BCUT2D eigenvalue weighted by Gasteiger charge is -2.32. The Labute approximate surface area is 260 Å². The topological polar surface area (TPSA) is 123 Å². The number of nitrogens with zero attached hydrogens (tertiary/aromatic N) is 3. The van der Waals surface area contributed by atoms with Gasteiger partial charge in [-0.15, -0.1) is 11.8 Å². The Morgan fingerprint density at radius 3 is 2.33 bits per heavy atom. The van der Waals surface area contributed by atoms with Crippen LogP contribution in [0.15, 0.2) is 54.6 Å². The fourth-order valence-electron chi connectivity index (χ4n) is 5.49. The number of hydrogen-bond donors (Lipinski definition) is 4. The zero-order valence-electron chi connectivity index (χ0n) is 25.8. The van der Waals surface area contributed by atoms with E-state index in [1.165, 1.54) is 11.8 Å². The minimum atomic E-state index is -0.854. The summed E-state index contributed by atoms with van der Waals surface area (Å²) in [6.45, 7) is 11.6. The summed E-state index contributed by atoms with van der Waals surface area (Å²) in [7, 11) is 2.12. The number of benzene rings is 2. The summed E-state index contributed by atoms with van der Waals surface area (Å²) in [6, 6.07) is 16.7. The second-order valence-electron chi connectivity index (χ2n) is 12.1. The number of piperazine rings is 1. The Kier molecular flexibility index (Phi) is 11.5. The smallest absolute Gasteiger partial charge is 0.240 e. The van der Waals surface area contributed by atoms with Gasteiger partial charge in [0.15, 0.2) is 0 Å². The van der Waals surface area contributed by atoms with Crippen LogP contribution < -0.4 is 21.7 Å². The molecular formula is C32H47N7O3S. The second-order valence-corrected chi connectivity index (χ2v) is 13.4. The third-order valence-corrected chi connectivity index (χ3v) is 9.51. The van der Waals surface area contributed by atoms with Crippen LogP contribution >= 0.6 is 11.8 Å². The lowest BCUT2D eigenvalue weighted by Crippen LogP contribution is -2.57. The number of rotatable bonds is 13. The molecule has 2 aliphatic heterocycles. The van der Waals surface area contributed by atoms with E-state index < -0.39 is 17.0 Å². The molecule has 2 aromatic carbocycles. The normalized spacial score (nSPS) is 20.6. The van der Waals surface area contributed by atoms with Crippen LogP contribution in [0.1, 0.15) is 32.8 Å². The number of hydrogen-bond acceptors (Lipinski definition) is 8. The van der Waals surface area contributed by atoms with E-state index >= 15 is 0 Å². The molecule has 1 unspecified atom stereocenters. The lowest BCUT2D eigenvalue weighted by molar-refractivity contribution is -0.131. The highest BCUT2D eigenvalue weighted by Crippen LogP contribution is 2.33. The van der Waals surface area contributed by atoms with Gasteiger partial charge in [-0.1, -0.05) is 30.3 Å². The highest BCUT2D eigenvalue weighted by molar-refractivity contribution is 8.01. The highest BCUT2D eigenvalue weighted by atomic mass is 32.2. The quantitative estimate of drug-likeness (QED) is 0.273. The van der Waals surface area contributed by atoms with Gasteiger partial charge in [0, 0.05) is 69.1 Å². The van der Waals surface area contributed by atoms with Crippen LogP contribution in [-0.2, 0) is 20.8 Å². The summed E-state index contributed by atoms with van der Waals surface area (Å²) in [5.74, 6) is -0.289. The monoisotopic (exact) mass is 609 g/mol. The average Bonchev–Trinajstić information content (AvgIpc) is 3.30. The van der Waals surface area contributed by atoms with Crippen molar-refractivity contribution >= 4 is 40.9 Å². The number of nitrogens with one attached hydrogen (secondary N) is 3. The molecule has 2 fully saturated rings. The molecule has 0 saturated carbocycles. The maximum Gasteiger partial charge on any atom is 0.240 e. The molecule has 3 atom stereocenters. The molecule has 0 bridgehead atoms. The third-order valence-electron chi connectivity index (χ3n) is 7.98. The summed E-state index contributed by atoms with van der Waals surface area (Å²) in [6.07, 6.45) is 1.14. The first kappa shape index (κ1) is 32.8. The van der Waals surface area contributed by atoms with Crippen LogP contribution in [0.3, 0.4) is 0 Å². The number of thioether (sulfide) groups is 1. The average molecular weight is 610 g/mol. The first-order valence-corrected chi connectivity index (χ1v) is 16.1. The van der Waals surface area contributed by atoms with Gasteiger partial charge in [-0.25, -0.2) is 0 Å². The van der Waals surface area contributed by atoms with E-state index in [-0.39, 0.29) is 23.0 Å². The van der Waals surface area contributed by atoms with Crippen molar-refractivity contribution in [3.63, 3.8) is 0 Å². The van der Waals surface area contributed by atoms with Crippen molar-refractivity contribution in [2.45, 2.75) is 55.8 Å². The maximum absolute atomic E-state index is 13.2. The molecule has 2 aromatic rings. The summed E-state index contributed by atoms with van der Waals surface area (Å²) in [4.78, 5) is 45.2. The molecule has 3 amide bonds. The molecule has 11 heteroatoms. The summed E-state index contributed by atoms with van der Waals surface area (Å²) >= 11 is 1.43. The van der Waals surface area contributed by atoms with E-state index in [1.54, 1.807) is 4.90 Å². The van der Waals surface area contributed by atoms with E-state index in [0.29, 0.717) is 25.9 Å². The largest absolute Gasteiger partial charge is 0.383 e. The number of anilines is 2. The van der Waals surface area contributed by atoms with Crippen molar-refractivity contribution in [2.75, 3.05) is 63.5 Å². The van der Waals surface area contributed by atoms with Crippen LogP contribution in [0.25, 0.3) is 0 Å². The predicted octanol–water partition coefficient (Wildman–Crippen LogP) is 2.43. The predicted molar refractivity (Wildman–Crippen MR) is 175 cm³/mol. The van der Waals surface area contributed by atoms with E-state index in [2.05, 4.69) is 32.8 Å². The van der Waals surface area contributed by atoms with E-state index in [0.717, 1.165) is 49.7 Å². The summed E-state index contributed by atoms with van der Waals surface area (Å²) in [5, 5.41) is 8.59. The molecule has 0 aromatic heterocycles. The maximum atomic E-state index is 13.2. The van der Waals surface area contributed by atoms with Crippen LogP contribution in [0.5, 0.6) is 0 Å². The Balaban J connectivity index is 1.24. The van der Waals surface area contributed by atoms with Crippen molar-refractivity contribution in [1.29, 1.82) is 0 Å². The minimum absolute atomic E-state index is 0.00196. The first-order chi connectivity index (χ1) is 20.5. The van der Waals surface area contributed by atoms with Gasteiger partial charge >= 0.3 is 0 Å². The zero-order chi connectivity index (χ0) is 31.0. The van der Waals surface area contributed by atoms with Crippen molar-refractivity contribution in [2.24, 2.45) is 5.73 Å². The van der Waals surface area contributed by atoms with Crippen LogP contribution in [0.4, 0.5) is 11.4 Å². The molecule has 0 aliphatic carbocycles. The van der Waals surface area contributed by atoms with Crippen molar-refractivity contribution in [3.8, 4) is 0 Å². The van der Waals surface area contributed by atoms with Gasteiger partial charge in [0.2, 0.25) is 17.7 Å². The molecule has 5 N–H and O–H groups in total. The lowest BCUT2D eigenvalue weighted by atomic mass is 9.94. The highest BCUT2D eigenvalue weighted by Gasteiger charge is 2.44. The first-order valence-electron chi connectivity index (χ1n) is 15.2. The van der Waals surface area contributed by atoms with Gasteiger partial charge in [-0.05, 0) is 64.1 Å². The molecule has 0 radical (unpaired) electrons. The fraction of sp³-hybridized carbons (Fsp3) is 0.531. The standard InChI is InChI=1S/C32H47N7O3S/c1-5-39-30(42)26(43-31(39)28(33)29(41)36-32(2,3)21-23-9-7-6-8-10-23)22-34-24-11-13-25(14-12-24)35-27(40)15-16-38-19-17-37(4)18-20-38/h6-14,26,28,31,34H,5,15-22,33H2,1-4H3,(H,35,40)(H,36,41)/t26-,28-,31?/m1/s1. The van der Waals surface area contributed by atoms with E-state index in [9.17, 15) is 14.4 Å². The third kappa shape index (κ3) is 9.43. The van der Waals surface area contributed by atoms with Crippen molar-refractivity contribution in [3.05, 3.63) is 60.2 Å². The molecule has 2 heterocycles. The van der Waals surface area contributed by atoms with E-state index in [4.69, 9.17) is 5.73 Å². The number of carbonyl (C=O) groups is 3. The Morgan fingerprint density at radius 1 is 1.02 bits per heavy atom. The zero-order valence-corrected chi connectivity index (χ0v) is 26.7. The van der Waals surface area contributed by atoms with Crippen LogP contribution in [0, 0.1) is 0 Å². The van der Waals surface area contributed by atoms with Crippen LogP contribution in [0.2, 0.25) is 0 Å². The molecule has 234 valence electrons. The summed E-state index contributed by atoms with van der Waals surface area (Å²) < 4.78 is 0. The molecule has 43 heavy (non-hydrogen) atoms. The minimum Gasteiger partial charge on any atom is -0.383 e. The molecule has 0 spiro atoms. The Morgan fingerprint density at radius 2 is 1.67 bits per heavy atom. The van der Waals surface area contributed by atoms with Crippen LogP contribution in [-0.4, -0.2) is 107 Å². The van der Waals surface area contributed by atoms with Gasteiger partial charge in [0.1, 0.15) is 16.7 Å². The fourth-order valence-corrected chi connectivity index (χ4v) is 6.95. The van der Waals surface area contributed by atoms with Gasteiger partial charge in [-0.2, -0.15) is 0 Å². The number of amides is 3. The number of likely N-dealkylation sites (N-methyl/N-ethyl adjacent to an activating group) is 2. The van der Waals surface area contributed by atoms with Crippen molar-refractivity contribution < 1.29 is 14.4 Å². The second kappa shape index (κ2) is 15.1. The number of nitrogens with two attached hydrogens (primary N) is 1. The summed E-state index contributed by atoms with van der Waals surface area (Å²) in [5.41, 5.74) is 8.69. The van der Waals surface area contributed by atoms with E-state index in [1.807, 2.05) is 75.4 Å². The Hall–Kier alpha value is -3.12. The number of carbonyl (C=O) groups excluding carboxylic acids is 3. The van der Waals surface area contributed by atoms with Gasteiger partial charge in [0.05, 0.1) is 0 Å². The van der Waals surface area contributed by atoms with Gasteiger partial charge in [0.25, 0.3) is 0 Å². The molecule has 2 saturated heterocycles. The SMILES string of the molecule is CCN1C(=O)[C@@H](CNc2ccc(NC(=O)CCN3CCN(C)CC3)cc2)SC1[C@H](N)C(=O)NC(C)(C)Cc1ccccc1. The molecule has 4 rings (SSSR count). The Bertz CT molecular complexity index is 1220. The van der Waals surface area contributed by atoms with Gasteiger partial charge in [-0.3, -0.25) is 14.4 Å². The van der Waals surface area contributed by atoms with Crippen molar-refractivity contribution in [1.82, 2.24) is 20.0 Å². The molecular weight excluding hydrogens is 562 g/mol. The molecule has 10 nitrogen and oxygen atoms in total. The van der Waals surface area contributed by atoms with Gasteiger partial charge < -0.3 is 36.4 Å².